The van der Waals surface area contributed by atoms with Gasteiger partial charge in [0.05, 0.1) is 11.8 Å². The second kappa shape index (κ2) is 3.75. The van der Waals surface area contributed by atoms with Gasteiger partial charge < -0.3 is 9.15 Å². The third-order valence-corrected chi connectivity index (χ3v) is 2.51. The maximum atomic E-state index is 10.6. The molecule has 1 saturated heterocycles. The van der Waals surface area contributed by atoms with Gasteiger partial charge in [0.2, 0.25) is 0 Å². The number of carbonyl (C=O) groups excluding carboxylic acids is 1. The fourth-order valence-corrected chi connectivity index (χ4v) is 1.75. The molecule has 0 amide bonds. The molecule has 0 radical (unpaired) electrons. The minimum absolute atomic E-state index is 0.438. The number of ether oxygens (including phenoxy) is 1. The van der Waals surface area contributed by atoms with Crippen LogP contribution in [0.15, 0.2) is 16.9 Å². The minimum Gasteiger partial charge on any atom is -0.472 e. The van der Waals surface area contributed by atoms with Crippen molar-refractivity contribution in [2.24, 2.45) is 0 Å². The summed E-state index contributed by atoms with van der Waals surface area (Å²) in [5.41, 5.74) is 1.73. The Hall–Kier alpha value is -1.09. The Morgan fingerprint density at radius 3 is 2.77 bits per heavy atom. The van der Waals surface area contributed by atoms with Crippen LogP contribution in [-0.4, -0.2) is 19.5 Å². The van der Waals surface area contributed by atoms with Crippen molar-refractivity contribution in [3.63, 3.8) is 0 Å². The summed E-state index contributed by atoms with van der Waals surface area (Å²) >= 11 is 0. The normalized spacial score (nSPS) is 18.8. The van der Waals surface area contributed by atoms with E-state index in [0.29, 0.717) is 11.5 Å². The first-order valence-electron chi connectivity index (χ1n) is 4.51. The molecule has 3 heteroatoms. The first-order chi connectivity index (χ1) is 6.42. The average molecular weight is 180 g/mol. The van der Waals surface area contributed by atoms with Crippen molar-refractivity contribution in [3.8, 4) is 0 Å². The van der Waals surface area contributed by atoms with E-state index in [1.54, 1.807) is 6.26 Å². The highest BCUT2D eigenvalue weighted by Gasteiger charge is 2.19. The molecule has 1 aromatic rings. The molecule has 1 aliphatic heterocycles. The van der Waals surface area contributed by atoms with E-state index in [-0.39, 0.29) is 0 Å². The van der Waals surface area contributed by atoms with Gasteiger partial charge in [-0.2, -0.15) is 0 Å². The third kappa shape index (κ3) is 1.65. The lowest BCUT2D eigenvalue weighted by molar-refractivity contribution is 0.0848. The number of rotatable bonds is 2. The molecule has 1 aromatic heterocycles. The van der Waals surface area contributed by atoms with Gasteiger partial charge >= 0.3 is 0 Å². The Morgan fingerprint density at radius 2 is 2.08 bits per heavy atom. The fraction of sp³-hybridized carbons (Fsp3) is 0.500. The van der Waals surface area contributed by atoms with Gasteiger partial charge in [-0.3, -0.25) is 4.79 Å². The van der Waals surface area contributed by atoms with Gasteiger partial charge in [0.1, 0.15) is 6.26 Å². The molecule has 0 spiro atoms. The molecule has 13 heavy (non-hydrogen) atoms. The van der Waals surface area contributed by atoms with Crippen molar-refractivity contribution >= 4 is 6.29 Å². The Balaban J connectivity index is 2.17. The molecule has 0 unspecified atom stereocenters. The summed E-state index contributed by atoms with van der Waals surface area (Å²) in [7, 11) is 0. The van der Waals surface area contributed by atoms with Gasteiger partial charge in [-0.15, -0.1) is 0 Å². The van der Waals surface area contributed by atoms with E-state index in [9.17, 15) is 4.79 Å². The van der Waals surface area contributed by atoms with E-state index in [4.69, 9.17) is 9.15 Å². The predicted molar refractivity (Wildman–Crippen MR) is 46.9 cm³/mol. The summed E-state index contributed by atoms with van der Waals surface area (Å²) in [4.78, 5) is 10.6. The van der Waals surface area contributed by atoms with Crippen LogP contribution >= 0.6 is 0 Å². The van der Waals surface area contributed by atoms with Gasteiger partial charge in [0.25, 0.3) is 0 Å². The van der Waals surface area contributed by atoms with E-state index in [0.717, 1.165) is 37.9 Å². The fourth-order valence-electron chi connectivity index (χ4n) is 1.75. The van der Waals surface area contributed by atoms with E-state index in [2.05, 4.69) is 0 Å². The molecule has 3 nitrogen and oxygen atoms in total. The molecule has 0 bridgehead atoms. The molecule has 0 N–H and O–H groups in total. The Labute approximate surface area is 76.7 Å². The lowest BCUT2D eigenvalue weighted by Crippen LogP contribution is -2.14. The first kappa shape index (κ1) is 8.51. The Kier molecular flexibility index (Phi) is 2.45. The summed E-state index contributed by atoms with van der Waals surface area (Å²) in [6.45, 7) is 1.57. The predicted octanol–water partition coefficient (Wildman–Crippen LogP) is 1.99. The Morgan fingerprint density at radius 1 is 1.31 bits per heavy atom. The summed E-state index contributed by atoms with van der Waals surface area (Å²) in [5.74, 6) is 0.438. The monoisotopic (exact) mass is 180 g/mol. The smallest absolute Gasteiger partial charge is 0.153 e. The second-order valence-corrected chi connectivity index (χ2v) is 3.29. The minimum atomic E-state index is 0.438. The van der Waals surface area contributed by atoms with Crippen LogP contribution in [0.4, 0.5) is 0 Å². The van der Waals surface area contributed by atoms with Gasteiger partial charge in [-0.05, 0) is 18.8 Å². The first-order valence-corrected chi connectivity index (χ1v) is 4.51. The number of furan rings is 1. The van der Waals surface area contributed by atoms with Crippen LogP contribution in [0.2, 0.25) is 0 Å². The van der Waals surface area contributed by atoms with Crippen LogP contribution < -0.4 is 0 Å². The summed E-state index contributed by atoms with van der Waals surface area (Å²) in [6.07, 6.45) is 6.02. The van der Waals surface area contributed by atoms with Gasteiger partial charge in [-0.1, -0.05) is 0 Å². The molecule has 1 fully saturated rings. The second-order valence-electron chi connectivity index (χ2n) is 3.29. The summed E-state index contributed by atoms with van der Waals surface area (Å²) in [6, 6.07) is 0. The molecular weight excluding hydrogens is 168 g/mol. The van der Waals surface area contributed by atoms with Gasteiger partial charge in [0.15, 0.2) is 6.29 Å². The van der Waals surface area contributed by atoms with Crippen LogP contribution in [0, 0.1) is 0 Å². The van der Waals surface area contributed by atoms with Crippen molar-refractivity contribution in [2.75, 3.05) is 13.2 Å². The van der Waals surface area contributed by atoms with Crippen LogP contribution in [0.3, 0.4) is 0 Å². The van der Waals surface area contributed by atoms with Crippen molar-refractivity contribution < 1.29 is 13.9 Å². The summed E-state index contributed by atoms with van der Waals surface area (Å²) < 4.78 is 10.3. The maximum absolute atomic E-state index is 10.6. The van der Waals surface area contributed by atoms with Crippen LogP contribution in [0.5, 0.6) is 0 Å². The largest absolute Gasteiger partial charge is 0.472 e. The lowest BCUT2D eigenvalue weighted by atomic mass is 9.91. The number of hydrogen-bond donors (Lipinski definition) is 0. The molecule has 0 atom stereocenters. The van der Waals surface area contributed by atoms with Crippen molar-refractivity contribution in [3.05, 3.63) is 23.7 Å². The zero-order valence-corrected chi connectivity index (χ0v) is 7.36. The lowest BCUT2D eigenvalue weighted by Gasteiger charge is -2.21. The highest BCUT2D eigenvalue weighted by molar-refractivity contribution is 5.76. The third-order valence-electron chi connectivity index (χ3n) is 2.51. The average Bonchev–Trinajstić information content (AvgIpc) is 2.67. The standard InChI is InChI=1S/C10H12O3/c11-5-9-6-13-7-10(9)8-1-3-12-4-2-8/h5-8H,1-4H2. The van der Waals surface area contributed by atoms with E-state index in [1.807, 2.05) is 0 Å². The topological polar surface area (TPSA) is 39.4 Å². The van der Waals surface area contributed by atoms with Crippen molar-refractivity contribution in [2.45, 2.75) is 18.8 Å². The van der Waals surface area contributed by atoms with Gasteiger partial charge in [0, 0.05) is 18.8 Å². The van der Waals surface area contributed by atoms with E-state index >= 15 is 0 Å². The number of carbonyl (C=O) groups is 1. The Bertz CT molecular complexity index is 284. The van der Waals surface area contributed by atoms with Gasteiger partial charge in [-0.25, -0.2) is 0 Å². The SMILES string of the molecule is O=Cc1cocc1C1CCOCC1. The molecule has 70 valence electrons. The highest BCUT2D eigenvalue weighted by atomic mass is 16.5. The molecule has 2 heterocycles. The number of aldehydes is 1. The van der Waals surface area contributed by atoms with E-state index < -0.39 is 0 Å². The molecule has 0 saturated carbocycles. The quantitative estimate of drug-likeness (QED) is 0.653. The van der Waals surface area contributed by atoms with Crippen molar-refractivity contribution in [1.82, 2.24) is 0 Å². The molecule has 1 aliphatic rings. The molecule has 0 aromatic carbocycles. The molecule has 2 rings (SSSR count). The van der Waals surface area contributed by atoms with Crippen LogP contribution in [0.1, 0.15) is 34.7 Å². The van der Waals surface area contributed by atoms with E-state index in [1.165, 1.54) is 6.26 Å². The number of hydrogen-bond acceptors (Lipinski definition) is 3. The zero-order valence-electron chi connectivity index (χ0n) is 7.36. The van der Waals surface area contributed by atoms with Crippen LogP contribution in [-0.2, 0) is 4.74 Å². The van der Waals surface area contributed by atoms with Crippen LogP contribution in [0.25, 0.3) is 0 Å². The molecule has 0 aliphatic carbocycles. The van der Waals surface area contributed by atoms with Crippen molar-refractivity contribution in [1.29, 1.82) is 0 Å². The maximum Gasteiger partial charge on any atom is 0.153 e. The highest BCUT2D eigenvalue weighted by Crippen LogP contribution is 2.29. The summed E-state index contributed by atoms with van der Waals surface area (Å²) in [5, 5.41) is 0. The molecular formula is C10H12O3. The zero-order chi connectivity index (χ0) is 9.10.